The molecular formula is C25H25N5O2. The highest BCUT2D eigenvalue weighted by atomic mass is 16.2. The van der Waals surface area contributed by atoms with Crippen LogP contribution in [0.4, 0.5) is 11.6 Å². The molecule has 5 rings (SSSR count). The summed E-state index contributed by atoms with van der Waals surface area (Å²) in [4.78, 5) is 39.2. The lowest BCUT2D eigenvalue weighted by Gasteiger charge is -2.34. The van der Waals surface area contributed by atoms with E-state index in [0.717, 1.165) is 42.9 Å². The third-order valence-electron chi connectivity index (χ3n) is 6.22. The minimum absolute atomic E-state index is 0.0521. The summed E-state index contributed by atoms with van der Waals surface area (Å²) in [6.07, 6.45) is 4.35. The first-order chi connectivity index (χ1) is 15.6. The summed E-state index contributed by atoms with van der Waals surface area (Å²) in [6, 6.07) is 15.8. The zero-order valence-electron chi connectivity index (χ0n) is 18.1. The maximum atomic E-state index is 13.0. The van der Waals surface area contributed by atoms with E-state index in [-0.39, 0.29) is 11.8 Å². The normalized spacial score (nSPS) is 15.6. The zero-order valence-corrected chi connectivity index (χ0v) is 18.1. The Bertz CT molecular complexity index is 1140. The lowest BCUT2D eigenvalue weighted by molar-refractivity contribution is -0.116. The van der Waals surface area contributed by atoms with Crippen LogP contribution in [0, 0.1) is 0 Å². The minimum atomic E-state index is 0.0521. The fraction of sp³-hybridized carbons (Fsp3) is 0.280. The molecule has 7 nitrogen and oxygen atoms in total. The van der Waals surface area contributed by atoms with Crippen molar-refractivity contribution in [2.45, 2.75) is 13.3 Å². The molecule has 7 heteroatoms. The number of carbonyl (C=O) groups excluding carboxylic acids is 2. The van der Waals surface area contributed by atoms with E-state index in [0.29, 0.717) is 24.6 Å². The molecule has 2 amide bonds. The first kappa shape index (κ1) is 20.2. The van der Waals surface area contributed by atoms with Crippen LogP contribution in [-0.4, -0.2) is 59.4 Å². The van der Waals surface area contributed by atoms with Crippen molar-refractivity contribution >= 4 is 23.5 Å². The van der Waals surface area contributed by atoms with E-state index in [2.05, 4.69) is 20.9 Å². The van der Waals surface area contributed by atoms with E-state index in [1.54, 1.807) is 25.4 Å². The van der Waals surface area contributed by atoms with Gasteiger partial charge in [-0.05, 0) is 53.4 Å². The Hall–Kier alpha value is -3.74. The number of piperazine rings is 1. The number of nitrogens with zero attached hydrogens (tertiary/aromatic N) is 5. The van der Waals surface area contributed by atoms with Crippen LogP contribution in [0.25, 0.3) is 11.1 Å². The summed E-state index contributed by atoms with van der Waals surface area (Å²) in [5.41, 5.74) is 5.06. The molecule has 162 valence electrons. The van der Waals surface area contributed by atoms with Crippen molar-refractivity contribution in [2.24, 2.45) is 0 Å². The number of hydrogen-bond acceptors (Lipinski definition) is 5. The Morgan fingerprint density at radius 1 is 0.844 bits per heavy atom. The van der Waals surface area contributed by atoms with Crippen LogP contribution in [0.3, 0.4) is 0 Å². The summed E-state index contributed by atoms with van der Waals surface area (Å²) in [5.74, 6) is 0.845. The minimum Gasteiger partial charge on any atom is -0.337 e. The van der Waals surface area contributed by atoms with E-state index < -0.39 is 0 Å². The second-order valence-electron chi connectivity index (χ2n) is 8.17. The molecule has 2 aliphatic rings. The van der Waals surface area contributed by atoms with Gasteiger partial charge in [0.1, 0.15) is 0 Å². The molecule has 0 radical (unpaired) electrons. The van der Waals surface area contributed by atoms with Crippen LogP contribution < -0.4 is 9.80 Å². The van der Waals surface area contributed by atoms with Gasteiger partial charge in [0.15, 0.2) is 0 Å². The Morgan fingerprint density at radius 2 is 1.53 bits per heavy atom. The molecule has 0 N–H and O–H groups in total. The van der Waals surface area contributed by atoms with E-state index in [1.165, 1.54) is 5.56 Å². The maximum absolute atomic E-state index is 13.0. The molecule has 0 atom stereocenters. The average molecular weight is 428 g/mol. The van der Waals surface area contributed by atoms with Gasteiger partial charge >= 0.3 is 0 Å². The van der Waals surface area contributed by atoms with E-state index in [4.69, 9.17) is 0 Å². The summed E-state index contributed by atoms with van der Waals surface area (Å²) < 4.78 is 0. The number of aromatic nitrogens is 2. The number of carbonyl (C=O) groups is 2. The van der Waals surface area contributed by atoms with Crippen molar-refractivity contribution in [2.75, 3.05) is 42.5 Å². The fourth-order valence-electron chi connectivity index (χ4n) is 4.46. The van der Waals surface area contributed by atoms with Gasteiger partial charge in [0.05, 0.1) is 0 Å². The van der Waals surface area contributed by atoms with Crippen molar-refractivity contribution < 1.29 is 9.59 Å². The zero-order chi connectivity index (χ0) is 22.1. The number of anilines is 2. The Balaban J connectivity index is 1.25. The van der Waals surface area contributed by atoms with Gasteiger partial charge in [0, 0.05) is 63.3 Å². The second-order valence-corrected chi connectivity index (χ2v) is 8.17. The number of amides is 2. The highest BCUT2D eigenvalue weighted by Gasteiger charge is 2.24. The van der Waals surface area contributed by atoms with E-state index in [1.807, 2.05) is 46.2 Å². The summed E-state index contributed by atoms with van der Waals surface area (Å²) in [5, 5.41) is 0. The first-order valence-corrected chi connectivity index (χ1v) is 10.9. The van der Waals surface area contributed by atoms with Crippen LogP contribution in [0.1, 0.15) is 22.8 Å². The predicted molar refractivity (Wildman–Crippen MR) is 124 cm³/mol. The number of hydrogen-bond donors (Lipinski definition) is 0. The van der Waals surface area contributed by atoms with E-state index in [9.17, 15) is 9.59 Å². The molecule has 3 aromatic rings. The second kappa shape index (κ2) is 8.42. The molecule has 0 spiro atoms. The molecule has 1 aromatic heterocycles. The van der Waals surface area contributed by atoms with Crippen LogP contribution >= 0.6 is 0 Å². The Kier molecular flexibility index (Phi) is 5.31. The van der Waals surface area contributed by atoms with Gasteiger partial charge in [-0.1, -0.05) is 18.2 Å². The lowest BCUT2D eigenvalue weighted by atomic mass is 10.00. The molecule has 32 heavy (non-hydrogen) atoms. The number of fused-ring (bicyclic) bond motifs is 1. The molecule has 0 bridgehead atoms. The summed E-state index contributed by atoms with van der Waals surface area (Å²) >= 11 is 0. The van der Waals surface area contributed by atoms with Gasteiger partial charge < -0.3 is 14.7 Å². The van der Waals surface area contributed by atoms with Crippen molar-refractivity contribution in [1.82, 2.24) is 14.9 Å². The largest absolute Gasteiger partial charge is 0.337 e. The third-order valence-corrected chi connectivity index (χ3v) is 6.22. The smallest absolute Gasteiger partial charge is 0.253 e. The Labute approximate surface area is 187 Å². The van der Waals surface area contributed by atoms with Crippen molar-refractivity contribution in [1.29, 1.82) is 0 Å². The van der Waals surface area contributed by atoms with Crippen LogP contribution in [0.15, 0.2) is 60.9 Å². The molecule has 3 heterocycles. The van der Waals surface area contributed by atoms with Crippen molar-refractivity contribution in [3.8, 4) is 11.1 Å². The molecule has 0 unspecified atom stereocenters. The molecule has 1 fully saturated rings. The van der Waals surface area contributed by atoms with Gasteiger partial charge in [-0.2, -0.15) is 0 Å². The lowest BCUT2D eigenvalue weighted by Crippen LogP contribution is -2.49. The van der Waals surface area contributed by atoms with E-state index >= 15 is 0 Å². The van der Waals surface area contributed by atoms with Gasteiger partial charge in [-0.15, -0.1) is 0 Å². The monoisotopic (exact) mass is 427 g/mol. The SMILES string of the molecule is CC(=O)N1CCc2cc(-c3ccc(C(=O)N4CCN(c5ncccn5)CC4)cc3)ccc21. The molecular weight excluding hydrogens is 402 g/mol. The highest BCUT2D eigenvalue weighted by Crippen LogP contribution is 2.32. The van der Waals surface area contributed by atoms with Crippen LogP contribution in [0.5, 0.6) is 0 Å². The topological polar surface area (TPSA) is 69.6 Å². The summed E-state index contributed by atoms with van der Waals surface area (Å²) in [6.45, 7) is 5.09. The quantitative estimate of drug-likeness (QED) is 0.643. The average Bonchev–Trinajstić information content (AvgIpc) is 3.28. The predicted octanol–water partition coefficient (Wildman–Crippen LogP) is 3.02. The fourth-order valence-corrected chi connectivity index (χ4v) is 4.46. The summed E-state index contributed by atoms with van der Waals surface area (Å²) in [7, 11) is 0. The van der Waals surface area contributed by atoms with Crippen molar-refractivity contribution in [3.63, 3.8) is 0 Å². The standard InChI is InChI=1S/C25H25N5O2/c1-18(31)30-12-9-22-17-21(7-8-23(22)30)19-3-5-20(6-4-19)24(32)28-13-15-29(16-14-28)25-26-10-2-11-27-25/h2-8,10-11,17H,9,12-16H2,1H3. The van der Waals surface area contributed by atoms with Gasteiger partial charge in [0.25, 0.3) is 5.91 Å². The number of rotatable bonds is 3. The molecule has 1 saturated heterocycles. The Morgan fingerprint density at radius 3 is 2.22 bits per heavy atom. The highest BCUT2D eigenvalue weighted by molar-refractivity contribution is 5.95. The van der Waals surface area contributed by atoms with Gasteiger partial charge in [-0.25, -0.2) is 9.97 Å². The van der Waals surface area contributed by atoms with Crippen molar-refractivity contribution in [3.05, 3.63) is 72.1 Å². The molecule has 0 saturated carbocycles. The molecule has 0 aliphatic carbocycles. The third kappa shape index (κ3) is 3.82. The molecule has 2 aliphatic heterocycles. The van der Waals surface area contributed by atoms with Crippen LogP contribution in [0.2, 0.25) is 0 Å². The number of benzene rings is 2. The van der Waals surface area contributed by atoms with Crippen LogP contribution in [-0.2, 0) is 11.2 Å². The van der Waals surface area contributed by atoms with Gasteiger partial charge in [-0.3, -0.25) is 9.59 Å². The first-order valence-electron chi connectivity index (χ1n) is 10.9. The molecule has 2 aromatic carbocycles. The van der Waals surface area contributed by atoms with Gasteiger partial charge in [0.2, 0.25) is 11.9 Å². The maximum Gasteiger partial charge on any atom is 0.253 e.